The van der Waals surface area contributed by atoms with Crippen molar-refractivity contribution in [3.63, 3.8) is 0 Å². The first-order valence-electron chi connectivity index (χ1n) is 13.5. The third-order valence-corrected chi connectivity index (χ3v) is 13.1. The van der Waals surface area contributed by atoms with Gasteiger partial charge in [-0.15, -0.1) is 0 Å². The summed E-state index contributed by atoms with van der Waals surface area (Å²) in [7, 11) is 0. The smallest absolute Gasteiger partial charge is 0.0568 e. The van der Waals surface area contributed by atoms with Gasteiger partial charge >= 0.3 is 0 Å². The minimum atomic E-state index is -0.0935. The lowest BCUT2D eigenvalue weighted by molar-refractivity contribution is -0.237. The van der Waals surface area contributed by atoms with E-state index in [9.17, 15) is 10.2 Å². The Morgan fingerprint density at radius 3 is 2.29 bits per heavy atom. The van der Waals surface area contributed by atoms with Gasteiger partial charge in [-0.2, -0.15) is 0 Å². The molecule has 0 aliphatic heterocycles. The number of hydrogen-bond acceptors (Lipinski definition) is 2. The lowest BCUT2D eigenvalue weighted by atomic mass is 9.33. The summed E-state index contributed by atoms with van der Waals surface area (Å²) >= 11 is 0. The van der Waals surface area contributed by atoms with E-state index in [0.29, 0.717) is 46.5 Å². The molecule has 0 aromatic carbocycles. The zero-order valence-electron chi connectivity index (χ0n) is 20.9. The second kappa shape index (κ2) is 7.08. The average molecular weight is 429 g/mol. The van der Waals surface area contributed by atoms with Crippen LogP contribution in [0.25, 0.3) is 0 Å². The number of aliphatic hydroxyl groups is 2. The Bertz CT molecular complexity index is 745. The van der Waals surface area contributed by atoms with E-state index in [4.69, 9.17) is 0 Å². The van der Waals surface area contributed by atoms with Crippen molar-refractivity contribution in [2.24, 2.45) is 57.2 Å². The van der Waals surface area contributed by atoms with Crippen molar-refractivity contribution in [1.82, 2.24) is 0 Å². The Balaban J connectivity index is 1.54. The topological polar surface area (TPSA) is 40.5 Å². The van der Waals surface area contributed by atoms with Crippen molar-refractivity contribution in [2.75, 3.05) is 6.61 Å². The van der Waals surface area contributed by atoms with Gasteiger partial charge in [0.25, 0.3) is 0 Å². The minimum Gasteiger partial charge on any atom is -0.396 e. The highest BCUT2D eigenvalue weighted by atomic mass is 16.3. The first-order chi connectivity index (χ1) is 14.5. The Kier molecular flexibility index (Phi) is 5.13. The molecule has 2 heteroatoms. The highest BCUT2D eigenvalue weighted by molar-refractivity contribution is 5.20. The highest BCUT2D eigenvalue weighted by Gasteiger charge is 2.69. The van der Waals surface area contributed by atoms with Crippen LogP contribution in [0.4, 0.5) is 0 Å². The van der Waals surface area contributed by atoms with Gasteiger partial charge in [-0.05, 0) is 128 Å². The first kappa shape index (κ1) is 22.5. The van der Waals surface area contributed by atoms with Gasteiger partial charge in [0.2, 0.25) is 0 Å². The predicted octanol–water partition coefficient (Wildman–Crippen LogP) is 6.61. The van der Waals surface area contributed by atoms with Crippen LogP contribution in [0.1, 0.15) is 98.8 Å². The van der Waals surface area contributed by atoms with Crippen LogP contribution in [-0.4, -0.2) is 22.9 Å². The number of rotatable bonds is 2. The quantitative estimate of drug-likeness (QED) is 0.486. The van der Waals surface area contributed by atoms with Gasteiger partial charge in [0, 0.05) is 6.61 Å². The molecule has 11 atom stereocenters. The third-order valence-electron chi connectivity index (χ3n) is 13.1. The molecule has 5 aliphatic rings. The monoisotopic (exact) mass is 428 g/mol. The van der Waals surface area contributed by atoms with E-state index >= 15 is 0 Å². The van der Waals surface area contributed by atoms with Crippen LogP contribution < -0.4 is 0 Å². The lowest BCUT2D eigenvalue weighted by Crippen LogP contribution is -2.65. The maximum absolute atomic E-state index is 10.6. The molecule has 5 fully saturated rings. The van der Waals surface area contributed by atoms with Gasteiger partial charge in [-0.25, -0.2) is 0 Å². The summed E-state index contributed by atoms with van der Waals surface area (Å²) in [5.41, 5.74) is 2.65. The van der Waals surface area contributed by atoms with Crippen molar-refractivity contribution in [2.45, 2.75) is 105 Å². The number of hydrogen-bond donors (Lipinski definition) is 2. The summed E-state index contributed by atoms with van der Waals surface area (Å²) in [6.07, 6.45) is 12.4. The van der Waals surface area contributed by atoms with Crippen LogP contribution in [0, 0.1) is 57.2 Å². The van der Waals surface area contributed by atoms with E-state index in [1.807, 2.05) is 0 Å². The molecule has 31 heavy (non-hydrogen) atoms. The Morgan fingerprint density at radius 2 is 1.61 bits per heavy atom. The maximum Gasteiger partial charge on any atom is 0.0568 e. The molecule has 5 saturated carbocycles. The highest BCUT2D eigenvalue weighted by Crippen LogP contribution is 2.76. The normalized spacial score (nSPS) is 58.6. The Hall–Kier alpha value is -0.340. The summed E-state index contributed by atoms with van der Waals surface area (Å²) < 4.78 is 0. The number of aliphatic hydroxyl groups excluding tert-OH is 2. The molecule has 3 unspecified atom stereocenters. The molecule has 0 amide bonds. The largest absolute Gasteiger partial charge is 0.396 e. The van der Waals surface area contributed by atoms with Gasteiger partial charge in [0.1, 0.15) is 0 Å². The summed E-state index contributed by atoms with van der Waals surface area (Å²) in [6.45, 7) is 17.3. The van der Waals surface area contributed by atoms with Crippen molar-refractivity contribution >= 4 is 0 Å². The fourth-order valence-electron chi connectivity index (χ4n) is 11.2. The predicted molar refractivity (Wildman–Crippen MR) is 127 cm³/mol. The molecule has 176 valence electrons. The molecular weight excluding hydrogens is 380 g/mol. The van der Waals surface area contributed by atoms with Crippen molar-refractivity contribution < 1.29 is 10.2 Å². The molecule has 5 rings (SSSR count). The third kappa shape index (κ3) is 2.70. The minimum absolute atomic E-state index is 0.0935. The van der Waals surface area contributed by atoms with Crippen molar-refractivity contribution in [1.29, 1.82) is 0 Å². The van der Waals surface area contributed by atoms with Gasteiger partial charge in [-0.3, -0.25) is 0 Å². The zero-order chi connectivity index (χ0) is 22.4. The van der Waals surface area contributed by atoms with Crippen LogP contribution in [0.5, 0.6) is 0 Å². The van der Waals surface area contributed by atoms with Crippen LogP contribution in [-0.2, 0) is 0 Å². The maximum atomic E-state index is 10.6. The van der Waals surface area contributed by atoms with Gasteiger partial charge < -0.3 is 10.2 Å². The number of fused-ring (bicyclic) bond motifs is 7. The van der Waals surface area contributed by atoms with Crippen LogP contribution in [0.2, 0.25) is 0 Å². The van der Waals surface area contributed by atoms with E-state index in [1.165, 1.54) is 63.4 Å². The molecule has 0 heterocycles. The lowest BCUT2D eigenvalue weighted by Gasteiger charge is -2.72. The van der Waals surface area contributed by atoms with Crippen LogP contribution >= 0.6 is 0 Å². The molecule has 5 aliphatic carbocycles. The molecule has 2 nitrogen and oxygen atoms in total. The Morgan fingerprint density at radius 1 is 0.871 bits per heavy atom. The fraction of sp³-hybridized carbons (Fsp3) is 0.931. The molecule has 0 radical (unpaired) electrons. The molecule has 0 aromatic heterocycles. The second-order valence-corrected chi connectivity index (χ2v) is 13.7. The molecule has 0 aromatic rings. The Labute approximate surface area is 191 Å². The first-order valence-corrected chi connectivity index (χ1v) is 13.5. The van der Waals surface area contributed by atoms with E-state index in [2.05, 4.69) is 41.2 Å². The molecular formula is C29H48O2. The van der Waals surface area contributed by atoms with E-state index < -0.39 is 0 Å². The summed E-state index contributed by atoms with van der Waals surface area (Å²) in [6, 6.07) is 0. The van der Waals surface area contributed by atoms with E-state index in [-0.39, 0.29) is 11.5 Å². The number of allylic oxidation sites excluding steroid dienone is 1. The van der Waals surface area contributed by atoms with Crippen LogP contribution in [0.15, 0.2) is 12.2 Å². The van der Waals surface area contributed by atoms with Crippen LogP contribution in [0.3, 0.4) is 0 Å². The van der Waals surface area contributed by atoms with E-state index in [1.54, 1.807) is 0 Å². The SMILES string of the molecule is C=C(C)[C@@H]1CC[C@]2(CO)CC[C@]3(C)C(CCC4[C@@]5(C)CC[C@H](O)[C@H](C)[C@@H]5CC[C@]43C)C12. The molecule has 0 saturated heterocycles. The summed E-state index contributed by atoms with van der Waals surface area (Å²) in [5.74, 6) is 3.87. The van der Waals surface area contributed by atoms with Crippen molar-refractivity contribution in [3.05, 3.63) is 12.2 Å². The standard InChI is InChI=1S/C29H48O2/c1-18(2)20-9-14-29(17-30)16-15-27(5)22(25(20)29)7-8-24-26(4)12-11-23(31)19(3)21(26)10-13-28(24,27)6/h19-25,30-31H,1,7-17H2,2-6H3/t19-,20+,21+,22?,23+,24?,25?,26+,27-,28-,29-/m1/s1. The van der Waals surface area contributed by atoms with Gasteiger partial charge in [-0.1, -0.05) is 39.8 Å². The molecule has 2 N–H and O–H groups in total. The summed E-state index contributed by atoms with van der Waals surface area (Å²) in [4.78, 5) is 0. The van der Waals surface area contributed by atoms with Gasteiger partial charge in [0.15, 0.2) is 0 Å². The van der Waals surface area contributed by atoms with Gasteiger partial charge in [0.05, 0.1) is 6.10 Å². The summed E-state index contributed by atoms with van der Waals surface area (Å²) in [5, 5.41) is 21.3. The average Bonchev–Trinajstić information content (AvgIpc) is 3.12. The zero-order valence-corrected chi connectivity index (χ0v) is 20.9. The molecule has 0 spiro atoms. The molecule has 0 bridgehead atoms. The van der Waals surface area contributed by atoms with E-state index in [0.717, 1.165) is 18.3 Å². The fourth-order valence-corrected chi connectivity index (χ4v) is 11.2. The van der Waals surface area contributed by atoms with Crippen molar-refractivity contribution in [3.8, 4) is 0 Å². The second-order valence-electron chi connectivity index (χ2n) is 13.7.